The van der Waals surface area contributed by atoms with Crippen LogP contribution in [0.5, 0.6) is 0 Å². The molecule has 0 aliphatic carbocycles. The lowest BCUT2D eigenvalue weighted by Crippen LogP contribution is -2.34. The Labute approximate surface area is 120 Å². The van der Waals surface area contributed by atoms with Crippen LogP contribution in [0.2, 0.25) is 0 Å². The van der Waals surface area contributed by atoms with E-state index < -0.39 is 0 Å². The van der Waals surface area contributed by atoms with Gasteiger partial charge in [-0.15, -0.1) is 11.3 Å². The number of likely N-dealkylation sites (tertiary alicyclic amines) is 1. The molecular weight excluding hydrogens is 258 g/mol. The predicted octanol–water partition coefficient (Wildman–Crippen LogP) is 2.25. The molecule has 0 atom stereocenters. The minimum absolute atomic E-state index is 0.412. The van der Waals surface area contributed by atoms with Crippen molar-refractivity contribution in [2.75, 3.05) is 20.1 Å². The standard InChI is InChI=1S/C14H25N3OS/c1-11(2)15-8-14-16-12(10-19-14)9-18-13-4-6-17(3)7-5-13/h10-11,13,15H,4-9H2,1-3H3. The van der Waals surface area contributed by atoms with E-state index in [1.807, 2.05) is 0 Å². The summed E-state index contributed by atoms with van der Waals surface area (Å²) in [5.41, 5.74) is 1.07. The van der Waals surface area contributed by atoms with E-state index in [0.29, 0.717) is 18.8 Å². The molecule has 2 heterocycles. The third kappa shape index (κ3) is 5.18. The second-order valence-corrected chi connectivity index (χ2v) is 6.52. The normalized spacial score (nSPS) is 18.3. The van der Waals surface area contributed by atoms with E-state index in [4.69, 9.17) is 4.74 Å². The molecule has 0 aromatic carbocycles. The maximum absolute atomic E-state index is 5.95. The third-order valence-electron chi connectivity index (χ3n) is 3.39. The summed E-state index contributed by atoms with van der Waals surface area (Å²) in [5.74, 6) is 0. The van der Waals surface area contributed by atoms with Crippen LogP contribution in [0.25, 0.3) is 0 Å². The molecule has 19 heavy (non-hydrogen) atoms. The van der Waals surface area contributed by atoms with Gasteiger partial charge >= 0.3 is 0 Å². The van der Waals surface area contributed by atoms with E-state index in [0.717, 1.165) is 43.2 Å². The number of piperidine rings is 1. The highest BCUT2D eigenvalue weighted by atomic mass is 32.1. The molecule has 0 radical (unpaired) electrons. The fourth-order valence-electron chi connectivity index (χ4n) is 2.14. The summed E-state index contributed by atoms with van der Waals surface area (Å²) in [6, 6.07) is 0.503. The Kier molecular flexibility index (Phi) is 5.76. The third-order valence-corrected chi connectivity index (χ3v) is 4.29. The van der Waals surface area contributed by atoms with E-state index in [9.17, 15) is 0 Å². The van der Waals surface area contributed by atoms with Crippen LogP contribution in [-0.4, -0.2) is 42.2 Å². The van der Waals surface area contributed by atoms with Crippen molar-refractivity contribution < 1.29 is 4.74 Å². The van der Waals surface area contributed by atoms with Crippen LogP contribution < -0.4 is 5.32 Å². The molecule has 1 aromatic heterocycles. The second kappa shape index (κ2) is 7.33. The average Bonchev–Trinajstić information content (AvgIpc) is 2.84. The van der Waals surface area contributed by atoms with Gasteiger partial charge < -0.3 is 15.0 Å². The van der Waals surface area contributed by atoms with Crippen molar-refractivity contribution in [3.63, 3.8) is 0 Å². The number of aromatic nitrogens is 1. The summed E-state index contributed by atoms with van der Waals surface area (Å²) in [4.78, 5) is 6.96. The first-order valence-electron chi connectivity index (χ1n) is 7.10. The molecule has 1 fully saturated rings. The van der Waals surface area contributed by atoms with Crippen LogP contribution in [0.4, 0.5) is 0 Å². The van der Waals surface area contributed by atoms with Gasteiger partial charge in [-0.25, -0.2) is 4.98 Å². The number of hydrogen-bond donors (Lipinski definition) is 1. The molecule has 0 amide bonds. The van der Waals surface area contributed by atoms with Crippen molar-refractivity contribution in [2.24, 2.45) is 0 Å². The number of nitrogens with one attached hydrogen (secondary N) is 1. The zero-order valence-electron chi connectivity index (χ0n) is 12.2. The first-order valence-corrected chi connectivity index (χ1v) is 7.98. The van der Waals surface area contributed by atoms with Crippen molar-refractivity contribution in [1.29, 1.82) is 0 Å². The first kappa shape index (κ1) is 14.9. The highest BCUT2D eigenvalue weighted by molar-refractivity contribution is 7.09. The summed E-state index contributed by atoms with van der Waals surface area (Å²) in [7, 11) is 2.17. The Morgan fingerprint density at radius 2 is 2.21 bits per heavy atom. The van der Waals surface area contributed by atoms with Crippen molar-refractivity contribution in [3.05, 3.63) is 16.1 Å². The van der Waals surface area contributed by atoms with Gasteiger partial charge in [0.2, 0.25) is 0 Å². The summed E-state index contributed by atoms with van der Waals surface area (Å²) in [5, 5.41) is 6.65. The molecule has 108 valence electrons. The fraction of sp³-hybridized carbons (Fsp3) is 0.786. The van der Waals surface area contributed by atoms with Crippen LogP contribution in [-0.2, 0) is 17.9 Å². The number of thiazole rings is 1. The zero-order chi connectivity index (χ0) is 13.7. The summed E-state index contributed by atoms with van der Waals surface area (Å²) < 4.78 is 5.95. The van der Waals surface area contributed by atoms with Gasteiger partial charge in [0.05, 0.1) is 18.4 Å². The zero-order valence-corrected chi connectivity index (χ0v) is 13.0. The topological polar surface area (TPSA) is 37.4 Å². The Balaban J connectivity index is 1.71. The molecule has 4 nitrogen and oxygen atoms in total. The largest absolute Gasteiger partial charge is 0.372 e. The first-order chi connectivity index (χ1) is 9.13. The lowest BCUT2D eigenvalue weighted by molar-refractivity contribution is 0.000901. The number of rotatable bonds is 6. The molecular formula is C14H25N3OS. The maximum atomic E-state index is 5.95. The van der Waals surface area contributed by atoms with E-state index in [1.165, 1.54) is 0 Å². The Morgan fingerprint density at radius 3 is 2.89 bits per heavy atom. The molecule has 1 aliphatic heterocycles. The van der Waals surface area contributed by atoms with Crippen molar-refractivity contribution in [1.82, 2.24) is 15.2 Å². The summed E-state index contributed by atoms with van der Waals surface area (Å²) >= 11 is 1.72. The smallest absolute Gasteiger partial charge is 0.107 e. The average molecular weight is 283 g/mol. The predicted molar refractivity (Wildman–Crippen MR) is 79.4 cm³/mol. The van der Waals surface area contributed by atoms with E-state index >= 15 is 0 Å². The SMILES string of the molecule is CC(C)NCc1nc(COC2CCN(C)CC2)cs1. The quantitative estimate of drug-likeness (QED) is 0.869. The fourth-order valence-corrected chi connectivity index (χ4v) is 2.87. The highest BCUT2D eigenvalue weighted by Crippen LogP contribution is 2.16. The highest BCUT2D eigenvalue weighted by Gasteiger charge is 2.17. The molecule has 0 saturated carbocycles. The molecule has 0 spiro atoms. The lowest BCUT2D eigenvalue weighted by atomic mass is 10.1. The van der Waals surface area contributed by atoms with E-state index in [-0.39, 0.29) is 0 Å². The van der Waals surface area contributed by atoms with Gasteiger partial charge in [0.1, 0.15) is 5.01 Å². The Bertz CT molecular complexity index is 373. The number of hydrogen-bond acceptors (Lipinski definition) is 5. The van der Waals surface area contributed by atoms with Crippen LogP contribution >= 0.6 is 11.3 Å². The van der Waals surface area contributed by atoms with Gasteiger partial charge in [-0.05, 0) is 19.9 Å². The molecule has 0 bridgehead atoms. The van der Waals surface area contributed by atoms with Crippen molar-refractivity contribution in [2.45, 2.75) is 52.0 Å². The molecule has 0 unspecified atom stereocenters. The molecule has 1 saturated heterocycles. The maximum Gasteiger partial charge on any atom is 0.107 e. The molecule has 5 heteroatoms. The van der Waals surface area contributed by atoms with Crippen LogP contribution in [0.3, 0.4) is 0 Å². The summed E-state index contributed by atoms with van der Waals surface area (Å²) in [6.45, 7) is 8.11. The molecule has 1 aromatic rings. The van der Waals surface area contributed by atoms with Gasteiger partial charge in [0.15, 0.2) is 0 Å². The monoisotopic (exact) mass is 283 g/mol. The van der Waals surface area contributed by atoms with Gasteiger partial charge in [-0.1, -0.05) is 13.8 Å². The van der Waals surface area contributed by atoms with Gasteiger partial charge in [-0.3, -0.25) is 0 Å². The van der Waals surface area contributed by atoms with E-state index in [1.54, 1.807) is 11.3 Å². The van der Waals surface area contributed by atoms with Crippen molar-refractivity contribution in [3.8, 4) is 0 Å². The second-order valence-electron chi connectivity index (χ2n) is 5.58. The van der Waals surface area contributed by atoms with Gasteiger partial charge in [-0.2, -0.15) is 0 Å². The van der Waals surface area contributed by atoms with Crippen LogP contribution in [0, 0.1) is 0 Å². The molecule has 1 aliphatic rings. The van der Waals surface area contributed by atoms with Crippen molar-refractivity contribution >= 4 is 11.3 Å². The Morgan fingerprint density at radius 1 is 1.47 bits per heavy atom. The Hall–Kier alpha value is -0.490. The molecule has 1 N–H and O–H groups in total. The van der Waals surface area contributed by atoms with Gasteiger partial charge in [0.25, 0.3) is 0 Å². The van der Waals surface area contributed by atoms with Crippen LogP contribution in [0.1, 0.15) is 37.4 Å². The number of nitrogens with zero attached hydrogens (tertiary/aromatic N) is 2. The summed E-state index contributed by atoms with van der Waals surface area (Å²) in [6.07, 6.45) is 2.69. The van der Waals surface area contributed by atoms with Gasteiger partial charge in [0, 0.05) is 31.1 Å². The molecule has 2 rings (SSSR count). The minimum Gasteiger partial charge on any atom is -0.372 e. The minimum atomic E-state index is 0.412. The van der Waals surface area contributed by atoms with E-state index in [2.05, 4.69) is 41.5 Å². The number of ether oxygens (including phenoxy) is 1. The van der Waals surface area contributed by atoms with Crippen LogP contribution in [0.15, 0.2) is 5.38 Å². The lowest BCUT2D eigenvalue weighted by Gasteiger charge is -2.28.